The highest BCUT2D eigenvalue weighted by Crippen LogP contribution is 2.48. The molecule has 344 valence electrons. The lowest BCUT2D eigenvalue weighted by Crippen LogP contribution is -2.66. The van der Waals surface area contributed by atoms with Gasteiger partial charge in [-0.2, -0.15) is 0 Å². The van der Waals surface area contributed by atoms with Crippen molar-refractivity contribution in [1.29, 1.82) is 0 Å². The van der Waals surface area contributed by atoms with Gasteiger partial charge in [-0.05, 0) is 134 Å². The van der Waals surface area contributed by atoms with Gasteiger partial charge < -0.3 is 29.8 Å². The molecule has 2 aliphatic rings. The summed E-state index contributed by atoms with van der Waals surface area (Å²) in [5, 5.41) is 39.9. The first-order valence-electron chi connectivity index (χ1n) is 22.7. The topological polar surface area (TPSA) is 129 Å². The lowest BCUT2D eigenvalue weighted by atomic mass is 9.68. The Kier molecular flexibility index (Phi) is 14.6. The Bertz CT molecular complexity index is 2700. The Hall–Kier alpha value is -5.83. The molecule has 6 aromatic rings. The molecule has 2 amide bonds. The molecule has 9 nitrogen and oxygen atoms in total. The van der Waals surface area contributed by atoms with E-state index in [0.717, 1.165) is 44.0 Å². The van der Waals surface area contributed by atoms with Crippen molar-refractivity contribution in [3.8, 4) is 11.5 Å². The molecule has 0 aromatic heterocycles. The average molecular weight is 1030 g/mol. The number of phenolic OH excluding ortho intramolecular Hbond substituents is 1. The molecule has 0 unspecified atom stereocenters. The number of nitrogens with one attached hydrogen (secondary N) is 1. The lowest BCUT2D eigenvalue weighted by Gasteiger charge is -2.44. The fourth-order valence-electron chi connectivity index (χ4n) is 10.1. The van der Waals surface area contributed by atoms with Gasteiger partial charge in [0, 0.05) is 17.3 Å². The number of hydrogen-bond donors (Lipinski definition) is 4. The van der Waals surface area contributed by atoms with Crippen molar-refractivity contribution < 1.29 is 34.1 Å². The van der Waals surface area contributed by atoms with Crippen LogP contribution in [0.5, 0.6) is 11.5 Å². The van der Waals surface area contributed by atoms with Crippen molar-refractivity contribution >= 4 is 81.8 Å². The molecule has 1 heterocycles. The van der Waals surface area contributed by atoms with Gasteiger partial charge in [-0.25, -0.2) is 0 Å². The summed E-state index contributed by atoms with van der Waals surface area (Å²) in [6.07, 6.45) is 1.80. The second-order valence-electron chi connectivity index (χ2n) is 18.3. The van der Waals surface area contributed by atoms with Crippen LogP contribution in [0.2, 0.25) is 5.04 Å². The molecule has 0 bridgehead atoms. The molecule has 0 radical (unpaired) electrons. The van der Waals surface area contributed by atoms with Gasteiger partial charge in [0.15, 0.2) is 11.5 Å². The van der Waals surface area contributed by atoms with Gasteiger partial charge in [0.1, 0.15) is 0 Å². The van der Waals surface area contributed by atoms with Crippen LogP contribution in [-0.2, 0) is 14.0 Å². The number of aliphatic hydroxyl groups excluding tert-OH is 2. The number of fused-ring (bicyclic) bond motifs is 1. The van der Waals surface area contributed by atoms with Crippen LogP contribution in [0.25, 0.3) is 11.6 Å². The third kappa shape index (κ3) is 9.79. The molecule has 1 aliphatic heterocycles. The minimum Gasteiger partial charge on any atom is -0.504 e. The summed E-state index contributed by atoms with van der Waals surface area (Å²) < 4.78 is 13.6. The number of carbonyl (C=O) groups is 2. The number of carbonyl (C=O) groups excluding carboxylic acids is 2. The minimum absolute atomic E-state index is 0.0675. The van der Waals surface area contributed by atoms with E-state index in [4.69, 9.17) is 9.16 Å². The van der Waals surface area contributed by atoms with E-state index in [1.807, 2.05) is 121 Å². The number of phenols is 1. The van der Waals surface area contributed by atoms with E-state index in [1.165, 1.54) is 12.0 Å². The van der Waals surface area contributed by atoms with Crippen LogP contribution in [0, 0.1) is 21.3 Å². The van der Waals surface area contributed by atoms with Crippen LogP contribution >= 0.6 is 22.6 Å². The Balaban J connectivity index is 1.19. The summed E-state index contributed by atoms with van der Waals surface area (Å²) in [7, 11) is -1.60. The largest absolute Gasteiger partial charge is 0.504 e. The van der Waals surface area contributed by atoms with Gasteiger partial charge in [-0.15, -0.1) is 0 Å². The van der Waals surface area contributed by atoms with Gasteiger partial charge >= 0.3 is 0 Å². The van der Waals surface area contributed by atoms with E-state index in [2.05, 4.69) is 72.9 Å². The highest BCUT2D eigenvalue weighted by molar-refractivity contribution is 14.1. The summed E-state index contributed by atoms with van der Waals surface area (Å²) >= 11 is 2.09. The number of amides is 2. The fourth-order valence-corrected chi connectivity index (χ4v) is 15.3. The summed E-state index contributed by atoms with van der Waals surface area (Å²) in [5.41, 5.74) is 6.16. The van der Waals surface area contributed by atoms with Gasteiger partial charge in [0.05, 0.1) is 47.5 Å². The van der Waals surface area contributed by atoms with Crippen LogP contribution in [-0.4, -0.2) is 61.9 Å². The first-order chi connectivity index (χ1) is 32.3. The summed E-state index contributed by atoms with van der Waals surface area (Å²) in [5.74, 6) is -2.81. The zero-order valence-electron chi connectivity index (χ0n) is 38.2. The number of halogens is 1. The highest BCUT2D eigenvalue weighted by Gasteiger charge is 2.56. The van der Waals surface area contributed by atoms with Gasteiger partial charge in [0.25, 0.3) is 8.32 Å². The first-order valence-corrected chi connectivity index (χ1v) is 25.7. The summed E-state index contributed by atoms with van der Waals surface area (Å²) in [6, 6.07) is 51.2. The third-order valence-electron chi connectivity index (χ3n) is 13.3. The zero-order valence-corrected chi connectivity index (χ0v) is 41.4. The number of imide groups is 1. The number of para-hydroxylation sites is 1. The van der Waals surface area contributed by atoms with Crippen molar-refractivity contribution in [2.24, 2.45) is 17.8 Å². The lowest BCUT2D eigenvalue weighted by molar-refractivity contribution is -0.123. The molecular formula is C56H57IN2O7Si. The number of nitrogens with zero attached hydrogens (tertiary/aromatic N) is 1. The summed E-state index contributed by atoms with van der Waals surface area (Å²) in [6.45, 7) is 6.26. The number of benzene rings is 6. The molecule has 67 heavy (non-hydrogen) atoms. The number of hydrogen-bond acceptors (Lipinski definition) is 8. The maximum atomic E-state index is 14.8. The van der Waals surface area contributed by atoms with Crippen molar-refractivity contribution in [2.75, 3.05) is 30.5 Å². The standard InChI is InChI=1S/C56H57IN2O7Si/c1-56(2,3)67(44-21-13-7-14-22-44,45-23-15-8-16-24-45)66-36-40-34-46-52(55(64)59(54(46)63)43-28-26-42(27-29-43)58-41-19-11-6-12-20-41)47(35-60)51(40)49(61)30-25-39(38-17-9-5-10-18-38)31-37-32-48(57)53(62)50(33-37)65-4/h5-24,26-29,31-33,46-47,49,52,58,60-62H,25,30,34-36H2,1-4H3/b39-31-/t46-,47+,49-,52-/m1/s1. The van der Waals surface area contributed by atoms with Gasteiger partial charge in [0.2, 0.25) is 11.8 Å². The average Bonchev–Trinajstić information content (AvgIpc) is 3.59. The third-order valence-corrected chi connectivity index (χ3v) is 19.1. The fraction of sp³-hybridized carbons (Fsp3) is 0.250. The SMILES string of the molecule is COc1cc(/C=C(/CC[C@@H](O)C2=C(CO[Si](c3ccccc3)(c3ccccc3)C(C)(C)C)C[C@H]3C(=O)N(c4ccc(Nc5ccccc5)cc4)C(=O)[C@H]3[C@H]2CO)c2ccccc2)cc(I)c1O. The smallest absolute Gasteiger partial charge is 0.261 e. The number of ether oxygens (including phenoxy) is 1. The molecule has 6 aromatic carbocycles. The first kappa shape index (κ1) is 47.7. The van der Waals surface area contributed by atoms with E-state index in [-0.39, 0.29) is 36.1 Å². The molecule has 8 rings (SSSR count). The molecule has 0 saturated carbocycles. The molecule has 4 atom stereocenters. The minimum atomic E-state index is -3.12. The predicted molar refractivity (Wildman–Crippen MR) is 278 cm³/mol. The van der Waals surface area contributed by atoms with Crippen molar-refractivity contribution in [3.05, 3.63) is 184 Å². The van der Waals surface area contributed by atoms with Crippen molar-refractivity contribution in [2.45, 2.75) is 51.2 Å². The highest BCUT2D eigenvalue weighted by atomic mass is 127. The second-order valence-corrected chi connectivity index (χ2v) is 23.8. The number of rotatable bonds is 16. The van der Waals surface area contributed by atoms with Crippen LogP contribution in [0.15, 0.2) is 169 Å². The molecular weight excluding hydrogens is 968 g/mol. The Morgan fingerprint density at radius 2 is 1.39 bits per heavy atom. The maximum Gasteiger partial charge on any atom is 0.261 e. The van der Waals surface area contributed by atoms with E-state index in [1.54, 1.807) is 18.2 Å². The number of anilines is 3. The van der Waals surface area contributed by atoms with Crippen LogP contribution in [0.1, 0.15) is 51.2 Å². The molecule has 11 heteroatoms. The van der Waals surface area contributed by atoms with Crippen molar-refractivity contribution in [1.82, 2.24) is 0 Å². The maximum absolute atomic E-state index is 14.8. The molecule has 1 saturated heterocycles. The Labute approximate surface area is 408 Å². The number of aromatic hydroxyl groups is 1. The van der Waals surface area contributed by atoms with Gasteiger partial charge in [-0.3, -0.25) is 14.5 Å². The second kappa shape index (κ2) is 20.6. The van der Waals surface area contributed by atoms with Crippen molar-refractivity contribution in [3.63, 3.8) is 0 Å². The quantitative estimate of drug-likeness (QED) is 0.0248. The van der Waals surface area contributed by atoms with Crippen LogP contribution in [0.3, 0.4) is 0 Å². The normalized spacial score (nSPS) is 18.2. The number of allylic oxidation sites excluding steroid dienone is 1. The van der Waals surface area contributed by atoms with E-state index >= 15 is 0 Å². The molecule has 1 fully saturated rings. The van der Waals surface area contributed by atoms with E-state index in [0.29, 0.717) is 27.0 Å². The monoisotopic (exact) mass is 1020 g/mol. The predicted octanol–water partition coefficient (Wildman–Crippen LogP) is 10.1. The Morgan fingerprint density at radius 3 is 1.96 bits per heavy atom. The zero-order chi connectivity index (χ0) is 47.3. The van der Waals surface area contributed by atoms with Crippen LogP contribution < -0.4 is 25.3 Å². The van der Waals surface area contributed by atoms with E-state index < -0.39 is 44.7 Å². The molecule has 1 aliphatic carbocycles. The molecule has 0 spiro atoms. The number of methoxy groups -OCH3 is 1. The number of aliphatic hydroxyl groups is 2. The summed E-state index contributed by atoms with van der Waals surface area (Å²) in [4.78, 5) is 30.7. The van der Waals surface area contributed by atoms with Gasteiger partial charge in [-0.1, -0.05) is 136 Å². The Morgan fingerprint density at radius 1 is 0.821 bits per heavy atom. The molecule has 4 N–H and O–H groups in total. The van der Waals surface area contributed by atoms with E-state index in [9.17, 15) is 24.9 Å². The van der Waals surface area contributed by atoms with Crippen LogP contribution in [0.4, 0.5) is 17.1 Å².